The number of aliphatic carboxylic acids is 1. The zero-order chi connectivity index (χ0) is 11.7. The van der Waals surface area contributed by atoms with E-state index in [1.165, 1.54) is 6.07 Å². The minimum Gasteiger partial charge on any atom is -0.547 e. The number of aliphatic hydroxyl groups excluding tert-OH is 1. The van der Waals surface area contributed by atoms with E-state index in [-0.39, 0.29) is 18.9 Å². The number of nitrogens with zero attached hydrogens (tertiary/aromatic N) is 1. The number of ether oxygens (including phenoxy) is 1. The second kappa shape index (κ2) is 5.45. The zero-order valence-corrected chi connectivity index (χ0v) is 9.84. The fraction of sp³-hybridized carbons (Fsp3) is 0.364. The third-order valence-electron chi connectivity index (χ3n) is 2.62. The number of hydrogen-bond acceptors (Lipinski definition) is 5. The maximum atomic E-state index is 10.5. The Hall–Kier alpha value is -1.15. The van der Waals surface area contributed by atoms with E-state index in [9.17, 15) is 15.0 Å². The van der Waals surface area contributed by atoms with Crippen LogP contribution in [0, 0.1) is 0 Å². The van der Waals surface area contributed by atoms with Crippen LogP contribution >= 0.6 is 0 Å². The van der Waals surface area contributed by atoms with Crippen LogP contribution in [-0.2, 0) is 4.79 Å². The molecule has 1 N–H and O–H groups in total. The number of fused-ring (bicyclic) bond motifs is 1. The van der Waals surface area contributed by atoms with Crippen LogP contribution in [0.4, 0.5) is 5.69 Å². The van der Waals surface area contributed by atoms with Crippen LogP contribution in [-0.4, -0.2) is 31.3 Å². The summed E-state index contributed by atoms with van der Waals surface area (Å²) in [5, 5.41) is 19.9. The van der Waals surface area contributed by atoms with Gasteiger partial charge in [0.1, 0.15) is 18.5 Å². The van der Waals surface area contributed by atoms with E-state index in [2.05, 4.69) is 0 Å². The van der Waals surface area contributed by atoms with Crippen molar-refractivity contribution >= 4 is 11.7 Å². The van der Waals surface area contributed by atoms with E-state index in [1.54, 1.807) is 12.1 Å². The van der Waals surface area contributed by atoms with Crippen molar-refractivity contribution in [3.63, 3.8) is 0 Å². The number of likely N-dealkylation sites (N-methyl/N-ethyl adjacent to an activating group) is 1. The van der Waals surface area contributed by atoms with Crippen LogP contribution in [0.2, 0.25) is 0 Å². The number of carbonyl (C=O) groups is 1. The van der Waals surface area contributed by atoms with Gasteiger partial charge in [-0.05, 0) is 17.7 Å². The van der Waals surface area contributed by atoms with Gasteiger partial charge in [0.2, 0.25) is 0 Å². The molecule has 2 rings (SSSR count). The summed E-state index contributed by atoms with van der Waals surface area (Å²) < 4.78 is 5.40. The van der Waals surface area contributed by atoms with Gasteiger partial charge >= 0.3 is 18.9 Å². The molecule has 1 atom stereocenters. The number of carbonyl (C=O) groups excluding carboxylic acids is 1. The summed E-state index contributed by atoms with van der Waals surface area (Å²) in [4.78, 5) is 12.5. The van der Waals surface area contributed by atoms with Crippen LogP contribution in [0.15, 0.2) is 18.2 Å². The summed E-state index contributed by atoms with van der Waals surface area (Å²) in [7, 11) is 1.89. The number of hydrogen-bond donors (Lipinski definition) is 1. The molecule has 1 heterocycles. The molecule has 1 aliphatic heterocycles. The van der Waals surface area contributed by atoms with Gasteiger partial charge in [-0.1, -0.05) is 6.07 Å². The Morgan fingerprint density at radius 2 is 2.29 bits per heavy atom. The van der Waals surface area contributed by atoms with Gasteiger partial charge in [-0.3, -0.25) is 0 Å². The van der Waals surface area contributed by atoms with Crippen molar-refractivity contribution in [1.29, 1.82) is 0 Å². The molecule has 0 bridgehead atoms. The predicted molar refractivity (Wildman–Crippen MR) is 55.2 cm³/mol. The van der Waals surface area contributed by atoms with Crippen molar-refractivity contribution in [3.8, 4) is 5.75 Å². The zero-order valence-electron chi connectivity index (χ0n) is 9.84. The molecule has 0 aliphatic carbocycles. The molecular weight excluding hydrogens is 217 g/mol. The van der Waals surface area contributed by atoms with Gasteiger partial charge in [-0.15, -0.1) is 0 Å². The van der Waals surface area contributed by atoms with Gasteiger partial charge in [-0.25, -0.2) is 0 Å². The van der Waals surface area contributed by atoms with Crippen LogP contribution in [0.25, 0.3) is 0 Å². The van der Waals surface area contributed by atoms with Crippen molar-refractivity contribution in [2.75, 3.05) is 25.1 Å². The second-order valence-electron chi connectivity index (χ2n) is 3.72. The smallest absolute Gasteiger partial charge is 0.547 e. The third kappa shape index (κ3) is 2.75. The summed E-state index contributed by atoms with van der Waals surface area (Å²) >= 11 is 0. The van der Waals surface area contributed by atoms with Gasteiger partial charge in [0.25, 0.3) is 0 Å². The molecule has 6 heteroatoms. The quantitative estimate of drug-likeness (QED) is 0.528. The Bertz CT molecular complexity index is 424. The first-order valence-electron chi connectivity index (χ1n) is 4.96. The van der Waals surface area contributed by atoms with Gasteiger partial charge in [0, 0.05) is 7.05 Å². The Morgan fingerprint density at radius 3 is 2.94 bits per heavy atom. The van der Waals surface area contributed by atoms with Crippen LogP contribution in [0.1, 0.15) is 11.7 Å². The third-order valence-corrected chi connectivity index (χ3v) is 2.62. The normalized spacial score (nSPS) is 15.3. The van der Waals surface area contributed by atoms with Crippen molar-refractivity contribution < 1.29 is 38.6 Å². The summed E-state index contributed by atoms with van der Waals surface area (Å²) in [5.74, 6) is -0.803. The summed E-state index contributed by atoms with van der Waals surface area (Å²) in [5.41, 5.74) is 1.08. The van der Waals surface area contributed by atoms with Crippen molar-refractivity contribution in [3.05, 3.63) is 23.8 Å². The maximum absolute atomic E-state index is 10.5. The number of aliphatic hydroxyl groups is 1. The van der Waals surface area contributed by atoms with E-state index in [0.717, 1.165) is 12.2 Å². The Kier molecular flexibility index (Phi) is 4.46. The molecular formula is C11H12LiNO4. The summed E-state index contributed by atoms with van der Waals surface area (Å²) in [6.45, 7) is 1.34. The number of carboxylic acid groups (broad SMARTS) is 1. The first kappa shape index (κ1) is 13.9. The molecule has 0 radical (unpaired) electrons. The van der Waals surface area contributed by atoms with E-state index < -0.39 is 12.1 Å². The van der Waals surface area contributed by atoms with E-state index in [1.807, 2.05) is 11.9 Å². The minimum absolute atomic E-state index is 0. The number of anilines is 1. The average Bonchev–Trinajstić information content (AvgIpc) is 2.28. The van der Waals surface area contributed by atoms with Gasteiger partial charge < -0.3 is 24.6 Å². The van der Waals surface area contributed by atoms with Gasteiger partial charge in [0.05, 0.1) is 18.2 Å². The molecule has 1 unspecified atom stereocenters. The number of carboxylic acids is 1. The van der Waals surface area contributed by atoms with E-state index in [0.29, 0.717) is 17.9 Å². The van der Waals surface area contributed by atoms with Crippen LogP contribution in [0.5, 0.6) is 5.75 Å². The van der Waals surface area contributed by atoms with Gasteiger partial charge in [-0.2, -0.15) is 0 Å². The molecule has 0 fully saturated rings. The van der Waals surface area contributed by atoms with Gasteiger partial charge in [0.15, 0.2) is 0 Å². The first-order chi connectivity index (χ1) is 7.59. The Morgan fingerprint density at radius 1 is 1.59 bits per heavy atom. The van der Waals surface area contributed by atoms with E-state index in [4.69, 9.17) is 4.74 Å². The predicted octanol–water partition coefficient (Wildman–Crippen LogP) is -3.70. The van der Waals surface area contributed by atoms with Crippen molar-refractivity contribution in [2.24, 2.45) is 0 Å². The molecule has 0 aromatic heterocycles. The fourth-order valence-corrected chi connectivity index (χ4v) is 1.67. The van der Waals surface area contributed by atoms with Crippen LogP contribution in [0.3, 0.4) is 0 Å². The Labute approximate surface area is 111 Å². The van der Waals surface area contributed by atoms with Crippen molar-refractivity contribution in [1.82, 2.24) is 0 Å². The summed E-state index contributed by atoms with van der Waals surface area (Å²) in [6, 6.07) is 4.79. The maximum Gasteiger partial charge on any atom is 1.00 e. The monoisotopic (exact) mass is 229 g/mol. The van der Waals surface area contributed by atoms with E-state index >= 15 is 0 Å². The molecule has 0 spiro atoms. The topological polar surface area (TPSA) is 72.8 Å². The molecule has 1 aromatic rings. The molecule has 0 saturated carbocycles. The fourth-order valence-electron chi connectivity index (χ4n) is 1.67. The summed E-state index contributed by atoms with van der Waals surface area (Å²) in [6.07, 6.45) is -1.60. The second-order valence-corrected chi connectivity index (χ2v) is 3.72. The SMILES string of the molecule is CN1CCOc2ccc(C(O)C(=O)[O-])cc21.[Li+]. The Balaban J connectivity index is 0.00000144. The number of benzene rings is 1. The van der Waals surface area contributed by atoms with Crippen molar-refractivity contribution in [2.45, 2.75) is 6.10 Å². The average molecular weight is 229 g/mol. The first-order valence-corrected chi connectivity index (χ1v) is 4.96. The minimum atomic E-state index is -1.60. The number of rotatable bonds is 2. The molecule has 1 aliphatic rings. The van der Waals surface area contributed by atoms with Crippen LogP contribution < -0.4 is 33.6 Å². The molecule has 1 aromatic carbocycles. The standard InChI is InChI=1S/C11H13NO4.Li/c1-12-4-5-16-9-3-2-7(6-8(9)12)10(13)11(14)15;/h2-3,6,10,13H,4-5H2,1H3,(H,14,15);/q;+1/p-1. The molecule has 17 heavy (non-hydrogen) atoms. The molecule has 0 saturated heterocycles. The largest absolute Gasteiger partial charge is 1.00 e. The molecule has 0 amide bonds. The molecule has 5 nitrogen and oxygen atoms in total. The molecule has 86 valence electrons.